The third kappa shape index (κ3) is 2.74. The molecule has 1 saturated heterocycles. The molecule has 0 aliphatic carbocycles. The van der Waals surface area contributed by atoms with Gasteiger partial charge in [-0.2, -0.15) is 4.31 Å². The lowest BCUT2D eigenvalue weighted by atomic mass is 10.1. The van der Waals surface area contributed by atoms with Crippen LogP contribution in [-0.2, 0) is 10.0 Å². The first kappa shape index (κ1) is 14.3. The number of nitrogens with zero attached hydrogens (tertiary/aromatic N) is 2. The highest BCUT2D eigenvalue weighted by Gasteiger charge is 2.37. The SMILES string of the molecule is CCNc1cccnc1S(=O)(=O)N1CC(C)CC1C. The van der Waals surface area contributed by atoms with E-state index in [9.17, 15) is 8.42 Å². The summed E-state index contributed by atoms with van der Waals surface area (Å²) in [6, 6.07) is 3.54. The summed E-state index contributed by atoms with van der Waals surface area (Å²) in [4.78, 5) is 4.08. The fourth-order valence-electron chi connectivity index (χ4n) is 2.63. The Morgan fingerprint density at radius 1 is 1.47 bits per heavy atom. The molecule has 1 N–H and O–H groups in total. The maximum Gasteiger partial charge on any atom is 0.262 e. The van der Waals surface area contributed by atoms with Gasteiger partial charge in [0.15, 0.2) is 5.03 Å². The van der Waals surface area contributed by atoms with Crippen LogP contribution < -0.4 is 5.32 Å². The summed E-state index contributed by atoms with van der Waals surface area (Å²) in [5.41, 5.74) is 0.580. The largest absolute Gasteiger partial charge is 0.383 e. The fraction of sp³-hybridized carbons (Fsp3) is 0.615. The van der Waals surface area contributed by atoms with Gasteiger partial charge in [0, 0.05) is 25.3 Å². The topological polar surface area (TPSA) is 62.3 Å². The zero-order valence-electron chi connectivity index (χ0n) is 11.6. The second kappa shape index (κ2) is 5.46. The third-order valence-corrected chi connectivity index (χ3v) is 5.36. The van der Waals surface area contributed by atoms with Gasteiger partial charge >= 0.3 is 0 Å². The molecule has 0 spiro atoms. The van der Waals surface area contributed by atoms with Crippen LogP contribution in [0.25, 0.3) is 0 Å². The van der Waals surface area contributed by atoms with Crippen LogP contribution in [-0.4, -0.2) is 36.8 Å². The molecule has 1 aliphatic rings. The molecule has 0 saturated carbocycles. The van der Waals surface area contributed by atoms with Crippen LogP contribution >= 0.6 is 0 Å². The third-order valence-electron chi connectivity index (χ3n) is 3.42. The average Bonchev–Trinajstić information content (AvgIpc) is 2.70. The van der Waals surface area contributed by atoms with Crippen molar-refractivity contribution in [2.75, 3.05) is 18.4 Å². The second-order valence-electron chi connectivity index (χ2n) is 5.15. The Hall–Kier alpha value is -1.14. The van der Waals surface area contributed by atoms with E-state index in [1.54, 1.807) is 16.4 Å². The van der Waals surface area contributed by atoms with Gasteiger partial charge in [-0.3, -0.25) is 0 Å². The van der Waals surface area contributed by atoms with Gasteiger partial charge in [0.25, 0.3) is 10.0 Å². The van der Waals surface area contributed by atoms with Crippen LogP contribution in [0.3, 0.4) is 0 Å². The van der Waals surface area contributed by atoms with Gasteiger partial charge in [-0.15, -0.1) is 0 Å². The molecule has 1 fully saturated rings. The summed E-state index contributed by atoms with van der Waals surface area (Å²) in [5.74, 6) is 0.399. The number of aromatic nitrogens is 1. The van der Waals surface area contributed by atoms with E-state index in [-0.39, 0.29) is 11.1 Å². The zero-order chi connectivity index (χ0) is 14.0. The molecule has 1 aromatic rings. The molecule has 19 heavy (non-hydrogen) atoms. The van der Waals surface area contributed by atoms with Crippen LogP contribution in [0, 0.1) is 5.92 Å². The molecule has 2 rings (SSSR count). The van der Waals surface area contributed by atoms with E-state index in [0.717, 1.165) is 6.42 Å². The molecule has 0 bridgehead atoms. The monoisotopic (exact) mass is 283 g/mol. The first-order chi connectivity index (χ1) is 8.96. The van der Waals surface area contributed by atoms with Gasteiger partial charge in [-0.05, 0) is 38.3 Å². The standard InChI is InChI=1S/C13H21N3O2S/c1-4-14-12-6-5-7-15-13(12)19(17,18)16-9-10(2)8-11(16)3/h5-7,10-11,14H,4,8-9H2,1-3H3. The van der Waals surface area contributed by atoms with Crippen LogP contribution in [0.15, 0.2) is 23.4 Å². The van der Waals surface area contributed by atoms with Gasteiger partial charge in [0.2, 0.25) is 0 Å². The molecule has 5 nitrogen and oxygen atoms in total. The Balaban J connectivity index is 2.40. The smallest absolute Gasteiger partial charge is 0.262 e. The summed E-state index contributed by atoms with van der Waals surface area (Å²) in [6.07, 6.45) is 2.43. The molecule has 2 unspecified atom stereocenters. The summed E-state index contributed by atoms with van der Waals surface area (Å²) >= 11 is 0. The van der Waals surface area contributed by atoms with Gasteiger partial charge in [-0.1, -0.05) is 6.92 Å². The fourth-order valence-corrected chi connectivity index (χ4v) is 4.47. The van der Waals surface area contributed by atoms with Crippen molar-refractivity contribution < 1.29 is 8.42 Å². The van der Waals surface area contributed by atoms with Crippen LogP contribution in [0.4, 0.5) is 5.69 Å². The maximum absolute atomic E-state index is 12.7. The van der Waals surface area contributed by atoms with Gasteiger partial charge in [0.1, 0.15) is 0 Å². The Morgan fingerprint density at radius 2 is 2.21 bits per heavy atom. The highest BCUT2D eigenvalue weighted by molar-refractivity contribution is 7.89. The summed E-state index contributed by atoms with van der Waals surface area (Å²) < 4.78 is 27.0. The average molecular weight is 283 g/mol. The zero-order valence-corrected chi connectivity index (χ0v) is 12.4. The normalized spacial score (nSPS) is 24.6. The molecular weight excluding hydrogens is 262 g/mol. The Kier molecular flexibility index (Phi) is 4.10. The van der Waals surface area contributed by atoms with Crippen molar-refractivity contribution >= 4 is 15.7 Å². The van der Waals surface area contributed by atoms with Crippen molar-refractivity contribution in [3.63, 3.8) is 0 Å². The van der Waals surface area contributed by atoms with Gasteiger partial charge < -0.3 is 5.32 Å². The number of hydrogen-bond acceptors (Lipinski definition) is 4. The van der Waals surface area contributed by atoms with Crippen molar-refractivity contribution in [1.82, 2.24) is 9.29 Å². The van der Waals surface area contributed by atoms with E-state index < -0.39 is 10.0 Å². The minimum atomic E-state index is -3.51. The molecule has 6 heteroatoms. The summed E-state index contributed by atoms with van der Waals surface area (Å²) in [6.45, 7) is 7.21. The van der Waals surface area contributed by atoms with Crippen molar-refractivity contribution in [1.29, 1.82) is 0 Å². The van der Waals surface area contributed by atoms with E-state index in [4.69, 9.17) is 0 Å². The van der Waals surface area contributed by atoms with Crippen LogP contribution in [0.5, 0.6) is 0 Å². The van der Waals surface area contributed by atoms with Crippen molar-refractivity contribution in [3.8, 4) is 0 Å². The van der Waals surface area contributed by atoms with Gasteiger partial charge in [-0.25, -0.2) is 13.4 Å². The van der Waals surface area contributed by atoms with Crippen molar-refractivity contribution in [3.05, 3.63) is 18.3 Å². The minimum absolute atomic E-state index is 0.0384. The molecule has 0 aromatic carbocycles. The molecule has 0 amide bonds. The lowest BCUT2D eigenvalue weighted by Gasteiger charge is -2.21. The van der Waals surface area contributed by atoms with E-state index in [0.29, 0.717) is 24.7 Å². The Bertz CT molecular complexity index is 545. The van der Waals surface area contributed by atoms with E-state index >= 15 is 0 Å². The maximum atomic E-state index is 12.7. The highest BCUT2D eigenvalue weighted by Crippen LogP contribution is 2.30. The number of hydrogen-bond donors (Lipinski definition) is 1. The first-order valence-corrected chi connectivity index (χ1v) is 8.11. The van der Waals surface area contributed by atoms with Crippen LogP contribution in [0.1, 0.15) is 27.2 Å². The predicted octanol–water partition coefficient (Wildman–Crippen LogP) is 1.93. The molecule has 1 aliphatic heterocycles. The molecule has 1 aromatic heterocycles. The molecule has 0 radical (unpaired) electrons. The van der Waals surface area contributed by atoms with E-state index in [1.165, 1.54) is 6.20 Å². The summed E-state index contributed by atoms with van der Waals surface area (Å²) in [7, 11) is -3.51. The lowest BCUT2D eigenvalue weighted by molar-refractivity contribution is 0.404. The van der Waals surface area contributed by atoms with Gasteiger partial charge in [0.05, 0.1) is 5.69 Å². The minimum Gasteiger partial charge on any atom is -0.383 e. The lowest BCUT2D eigenvalue weighted by Crippen LogP contribution is -2.35. The van der Waals surface area contributed by atoms with Crippen molar-refractivity contribution in [2.45, 2.75) is 38.3 Å². The number of anilines is 1. The second-order valence-corrected chi connectivity index (χ2v) is 6.96. The summed E-state index contributed by atoms with van der Waals surface area (Å²) in [5, 5.41) is 3.20. The Morgan fingerprint density at radius 3 is 2.79 bits per heavy atom. The number of nitrogens with one attached hydrogen (secondary N) is 1. The van der Waals surface area contributed by atoms with E-state index in [1.807, 2.05) is 13.8 Å². The van der Waals surface area contributed by atoms with Crippen molar-refractivity contribution in [2.24, 2.45) is 5.92 Å². The van der Waals surface area contributed by atoms with E-state index in [2.05, 4.69) is 17.2 Å². The molecule has 106 valence electrons. The number of sulfonamides is 1. The number of pyridine rings is 1. The Labute approximate surface area is 115 Å². The molecular formula is C13H21N3O2S. The first-order valence-electron chi connectivity index (χ1n) is 6.67. The quantitative estimate of drug-likeness (QED) is 0.917. The van der Waals surface area contributed by atoms with Crippen LogP contribution in [0.2, 0.25) is 0 Å². The number of rotatable bonds is 4. The highest BCUT2D eigenvalue weighted by atomic mass is 32.2. The molecule has 2 atom stereocenters. The predicted molar refractivity (Wildman–Crippen MR) is 75.5 cm³/mol. The molecule has 2 heterocycles.